The lowest BCUT2D eigenvalue weighted by Crippen LogP contribution is -2.42. The zero-order valence-corrected chi connectivity index (χ0v) is 33.4. The quantitative estimate of drug-likeness (QED) is 0.107. The number of H-pyrrole nitrogens is 1. The molecule has 2 heterocycles. The molecule has 2 aliphatic rings. The lowest BCUT2D eigenvalue weighted by molar-refractivity contribution is 0.576. The predicted octanol–water partition coefficient (Wildman–Crippen LogP) is 13.2. The van der Waals surface area contributed by atoms with Gasteiger partial charge in [0.15, 0.2) is 0 Å². The van der Waals surface area contributed by atoms with Crippen LogP contribution in [0.3, 0.4) is 0 Å². The molecule has 2 heteroatoms. The number of rotatable bonds is 10. The van der Waals surface area contributed by atoms with Gasteiger partial charge in [-0.1, -0.05) is 194 Å². The fourth-order valence-electron chi connectivity index (χ4n) is 9.79. The highest BCUT2D eigenvalue weighted by Gasteiger charge is 2.45. The van der Waals surface area contributed by atoms with E-state index < -0.39 is 10.8 Å². The van der Waals surface area contributed by atoms with E-state index in [0.29, 0.717) is 0 Å². The van der Waals surface area contributed by atoms with Gasteiger partial charge in [-0.3, -0.25) is 4.99 Å². The number of hydrogen-bond donors (Lipinski definition) is 1. The molecule has 0 saturated carbocycles. The number of aliphatic imine (C=N–C) groups is 1. The third-order valence-corrected chi connectivity index (χ3v) is 12.1. The van der Waals surface area contributed by atoms with E-state index in [2.05, 4.69) is 238 Å². The summed E-state index contributed by atoms with van der Waals surface area (Å²) in [7, 11) is 0. The van der Waals surface area contributed by atoms with Gasteiger partial charge in [0.1, 0.15) is 0 Å². The summed E-state index contributed by atoms with van der Waals surface area (Å²) >= 11 is 0. The Morgan fingerprint density at radius 1 is 0.534 bits per heavy atom. The lowest BCUT2D eigenvalue weighted by Gasteiger charge is -2.40. The Hall–Kier alpha value is -6.77. The summed E-state index contributed by atoms with van der Waals surface area (Å²) in [5, 5.41) is 0. The molecule has 1 N–H and O–H groups in total. The summed E-state index contributed by atoms with van der Waals surface area (Å²) < 4.78 is 0. The maximum absolute atomic E-state index is 5.79. The average Bonchev–Trinajstić information content (AvgIpc) is 3.97. The van der Waals surface area contributed by atoms with E-state index in [1.165, 1.54) is 50.1 Å². The van der Waals surface area contributed by atoms with Gasteiger partial charge in [0.2, 0.25) is 0 Å². The Balaban J connectivity index is 1.33. The number of allylic oxidation sites excluding steroid dienone is 6. The monoisotopic (exact) mass is 748 g/mol. The summed E-state index contributed by atoms with van der Waals surface area (Å²) in [5.74, 6) is 0.0698. The zero-order chi connectivity index (χ0) is 39.5. The van der Waals surface area contributed by atoms with Gasteiger partial charge in [-0.2, -0.15) is 0 Å². The standard InChI is InChI=1S/C56H48N2/c1-40-38-41(2)53(42(3)39-40)54(49-34-36-51(57-49)55(43-22-10-4-11-23-43,44-24-12-5-13-25-44)45-26-14-6-15-27-45)50-35-37-52(58-50)56(46-28-16-7-17-29-46,47-30-18-8-19-31-47)48-32-20-9-21-33-48/h4-8,10-39,48,57H,9H2,1-3H3. The van der Waals surface area contributed by atoms with Crippen molar-refractivity contribution in [1.29, 1.82) is 0 Å². The number of nitrogens with zero attached hydrogens (tertiary/aromatic N) is 1. The van der Waals surface area contributed by atoms with Crippen LogP contribution < -0.4 is 0 Å². The molecule has 0 radical (unpaired) electrons. The highest BCUT2D eigenvalue weighted by molar-refractivity contribution is 6.10. The zero-order valence-electron chi connectivity index (χ0n) is 33.4. The van der Waals surface area contributed by atoms with Gasteiger partial charge >= 0.3 is 0 Å². The average molecular weight is 749 g/mol. The van der Waals surface area contributed by atoms with Gasteiger partial charge < -0.3 is 4.98 Å². The lowest BCUT2D eigenvalue weighted by atomic mass is 9.62. The van der Waals surface area contributed by atoms with Gasteiger partial charge in [0.05, 0.1) is 22.2 Å². The molecule has 282 valence electrons. The molecule has 0 unspecified atom stereocenters. The van der Waals surface area contributed by atoms with Gasteiger partial charge in [-0.15, -0.1) is 0 Å². The molecular formula is C56H48N2. The molecule has 1 aliphatic carbocycles. The van der Waals surface area contributed by atoms with Gasteiger partial charge in [0.25, 0.3) is 0 Å². The fourth-order valence-corrected chi connectivity index (χ4v) is 9.79. The molecular weight excluding hydrogens is 701 g/mol. The third kappa shape index (κ3) is 6.26. The van der Waals surface area contributed by atoms with Crippen LogP contribution in [0, 0.1) is 26.7 Å². The fraction of sp³-hybridized carbons (Fsp3) is 0.125. The molecule has 7 aromatic rings. The van der Waals surface area contributed by atoms with Crippen LogP contribution in [0.25, 0.3) is 5.57 Å². The van der Waals surface area contributed by atoms with Crippen molar-refractivity contribution in [2.75, 3.05) is 0 Å². The second-order valence-electron chi connectivity index (χ2n) is 15.7. The molecule has 9 rings (SSSR count). The van der Waals surface area contributed by atoms with E-state index in [4.69, 9.17) is 4.99 Å². The molecule has 0 saturated heterocycles. The topological polar surface area (TPSA) is 28.1 Å². The van der Waals surface area contributed by atoms with Crippen molar-refractivity contribution in [2.45, 2.75) is 38.0 Å². The van der Waals surface area contributed by atoms with E-state index in [-0.39, 0.29) is 5.92 Å². The number of hydrogen-bond acceptors (Lipinski definition) is 1. The molecule has 58 heavy (non-hydrogen) atoms. The second-order valence-corrected chi connectivity index (χ2v) is 15.7. The molecule has 1 aliphatic heterocycles. The Labute approximate surface area is 343 Å². The largest absolute Gasteiger partial charge is 0.357 e. The van der Waals surface area contributed by atoms with E-state index in [9.17, 15) is 0 Å². The summed E-state index contributed by atoms with van der Waals surface area (Å²) in [6.07, 6.45) is 14.8. The SMILES string of the molecule is Cc1cc(C)c(C(=C2C=CC(C(c3ccccc3)(c3ccccc3)C3C=CCC=C3)=N2)c2ccc(C(c3ccccc3)(c3ccccc3)c3ccccc3)[nH]2)c(C)c1. The van der Waals surface area contributed by atoms with Crippen molar-refractivity contribution < 1.29 is 0 Å². The maximum Gasteiger partial charge on any atom is 0.0851 e. The van der Waals surface area contributed by atoms with Crippen LogP contribution in [0.15, 0.2) is 223 Å². The number of aryl methyl sites for hydroxylation is 3. The number of aromatic nitrogens is 1. The number of nitrogens with one attached hydrogen (secondary N) is 1. The molecule has 0 fully saturated rings. The summed E-state index contributed by atoms with van der Waals surface area (Å²) in [6.45, 7) is 6.66. The van der Waals surface area contributed by atoms with Crippen LogP contribution in [0.5, 0.6) is 0 Å². The molecule has 0 bridgehead atoms. The number of benzene rings is 6. The highest BCUT2D eigenvalue weighted by atomic mass is 14.8. The Morgan fingerprint density at radius 3 is 1.45 bits per heavy atom. The third-order valence-electron chi connectivity index (χ3n) is 12.1. The normalized spacial score (nSPS) is 15.1. The maximum atomic E-state index is 5.79. The van der Waals surface area contributed by atoms with Crippen molar-refractivity contribution in [3.8, 4) is 0 Å². The Morgan fingerprint density at radius 2 is 0.983 bits per heavy atom. The summed E-state index contributed by atoms with van der Waals surface area (Å²) in [6, 6.07) is 63.8. The number of aromatic amines is 1. The first-order valence-electron chi connectivity index (χ1n) is 20.4. The molecule has 2 nitrogen and oxygen atoms in total. The van der Waals surface area contributed by atoms with Crippen molar-refractivity contribution in [3.05, 3.63) is 280 Å². The van der Waals surface area contributed by atoms with E-state index >= 15 is 0 Å². The Kier molecular flexibility index (Phi) is 9.93. The Bertz CT molecular complexity index is 2520. The first-order chi connectivity index (χ1) is 28.5. The van der Waals surface area contributed by atoms with Crippen molar-refractivity contribution in [3.63, 3.8) is 0 Å². The molecule has 1 aromatic heterocycles. The predicted molar refractivity (Wildman–Crippen MR) is 242 cm³/mol. The van der Waals surface area contributed by atoms with Crippen molar-refractivity contribution >= 4 is 11.3 Å². The minimum Gasteiger partial charge on any atom is -0.357 e. The first kappa shape index (κ1) is 36.8. The summed E-state index contributed by atoms with van der Waals surface area (Å²) in [4.78, 5) is 9.88. The van der Waals surface area contributed by atoms with E-state index in [1.807, 2.05) is 0 Å². The van der Waals surface area contributed by atoms with Crippen LogP contribution in [0.1, 0.15) is 67.9 Å². The molecule has 0 amide bonds. The van der Waals surface area contributed by atoms with Crippen LogP contribution in [-0.4, -0.2) is 10.7 Å². The van der Waals surface area contributed by atoms with Crippen molar-refractivity contribution in [2.24, 2.45) is 10.9 Å². The minimum absolute atomic E-state index is 0.0698. The van der Waals surface area contributed by atoms with Gasteiger partial charge in [-0.25, -0.2) is 0 Å². The van der Waals surface area contributed by atoms with Crippen LogP contribution in [0.4, 0.5) is 0 Å². The first-order valence-corrected chi connectivity index (χ1v) is 20.4. The summed E-state index contributed by atoms with van der Waals surface area (Å²) in [5.41, 5.74) is 15.0. The van der Waals surface area contributed by atoms with Crippen LogP contribution >= 0.6 is 0 Å². The highest BCUT2D eigenvalue weighted by Crippen LogP contribution is 2.48. The molecule has 0 atom stereocenters. The molecule has 6 aromatic carbocycles. The van der Waals surface area contributed by atoms with Crippen molar-refractivity contribution in [1.82, 2.24) is 4.98 Å². The molecule has 0 spiro atoms. The van der Waals surface area contributed by atoms with Gasteiger partial charge in [-0.05, 0) is 96.0 Å². The smallest absolute Gasteiger partial charge is 0.0851 e. The van der Waals surface area contributed by atoms with E-state index in [0.717, 1.165) is 34.8 Å². The second kappa shape index (κ2) is 15.6. The van der Waals surface area contributed by atoms with Gasteiger partial charge in [0, 0.05) is 22.9 Å². The van der Waals surface area contributed by atoms with Crippen LogP contribution in [0.2, 0.25) is 0 Å². The minimum atomic E-state index is -0.607. The van der Waals surface area contributed by atoms with E-state index in [1.54, 1.807) is 0 Å². The van der Waals surface area contributed by atoms with Crippen LogP contribution in [-0.2, 0) is 10.8 Å².